The van der Waals surface area contributed by atoms with Crippen LogP contribution in [0.5, 0.6) is 0 Å². The molecule has 0 unspecified atom stereocenters. The highest BCUT2D eigenvalue weighted by Crippen LogP contribution is 2.31. The van der Waals surface area contributed by atoms with Crippen molar-refractivity contribution in [2.24, 2.45) is 5.73 Å². The van der Waals surface area contributed by atoms with E-state index in [0.717, 1.165) is 10.6 Å². The van der Waals surface area contributed by atoms with E-state index >= 15 is 0 Å². The summed E-state index contributed by atoms with van der Waals surface area (Å²) in [6.45, 7) is 4.64. The lowest BCUT2D eigenvalue weighted by Gasteiger charge is -2.24. The minimum atomic E-state index is -0.123. The van der Waals surface area contributed by atoms with Crippen molar-refractivity contribution in [3.05, 3.63) is 33.8 Å². The smallest absolute Gasteiger partial charge is 0.0444 e. The molecule has 2 N–H and O–H groups in total. The summed E-state index contributed by atoms with van der Waals surface area (Å²) in [5, 5.41) is 1.42. The molecule has 13 heavy (non-hydrogen) atoms. The van der Waals surface area contributed by atoms with E-state index in [0.29, 0.717) is 11.6 Å². The molecule has 1 rings (SSSR count). The maximum absolute atomic E-state index is 6.05. The minimum Gasteiger partial charge on any atom is -0.330 e. The van der Waals surface area contributed by atoms with Gasteiger partial charge >= 0.3 is 0 Å². The van der Waals surface area contributed by atoms with Gasteiger partial charge in [-0.05, 0) is 23.8 Å². The van der Waals surface area contributed by atoms with Crippen LogP contribution in [-0.2, 0) is 5.41 Å². The maximum Gasteiger partial charge on any atom is 0.0444 e. The third kappa shape index (κ3) is 2.37. The molecular weight excluding hydrogens is 205 g/mol. The summed E-state index contributed by atoms with van der Waals surface area (Å²) in [6, 6.07) is 5.45. The first kappa shape index (κ1) is 10.8. The van der Waals surface area contributed by atoms with Gasteiger partial charge in [0.15, 0.2) is 0 Å². The molecule has 0 heterocycles. The van der Waals surface area contributed by atoms with E-state index in [1.807, 2.05) is 19.9 Å². The van der Waals surface area contributed by atoms with Crippen LogP contribution >= 0.6 is 23.2 Å². The molecular formula is C10H13Cl2N. The highest BCUT2D eigenvalue weighted by Gasteiger charge is 2.21. The number of halogens is 2. The first-order chi connectivity index (χ1) is 5.97. The topological polar surface area (TPSA) is 26.0 Å². The summed E-state index contributed by atoms with van der Waals surface area (Å²) >= 11 is 11.9. The fraction of sp³-hybridized carbons (Fsp3) is 0.400. The molecule has 0 radical (unpaired) electrons. The first-order valence-electron chi connectivity index (χ1n) is 4.13. The molecule has 0 atom stereocenters. The molecule has 0 fully saturated rings. The van der Waals surface area contributed by atoms with Crippen LogP contribution in [0.1, 0.15) is 19.4 Å². The molecule has 0 aliphatic carbocycles. The Hall–Kier alpha value is -0.240. The van der Waals surface area contributed by atoms with Crippen LogP contribution < -0.4 is 5.73 Å². The molecule has 1 aromatic rings. The average Bonchev–Trinajstić information content (AvgIpc) is 2.09. The molecule has 0 saturated carbocycles. The summed E-state index contributed by atoms with van der Waals surface area (Å²) < 4.78 is 0. The van der Waals surface area contributed by atoms with Crippen LogP contribution in [0, 0.1) is 0 Å². The number of hydrogen-bond donors (Lipinski definition) is 1. The Morgan fingerprint density at radius 3 is 2.46 bits per heavy atom. The maximum atomic E-state index is 6.05. The zero-order valence-corrected chi connectivity index (χ0v) is 9.28. The van der Waals surface area contributed by atoms with Crippen molar-refractivity contribution in [1.29, 1.82) is 0 Å². The fourth-order valence-corrected chi connectivity index (χ4v) is 1.67. The van der Waals surface area contributed by atoms with Gasteiger partial charge in [-0.15, -0.1) is 0 Å². The molecule has 0 aliphatic rings. The standard InChI is InChI=1S/C10H13Cl2N/c1-10(2,6-13)8-5-7(11)3-4-9(8)12/h3-5H,6,13H2,1-2H3. The monoisotopic (exact) mass is 217 g/mol. The SMILES string of the molecule is CC(C)(CN)c1cc(Cl)ccc1Cl. The predicted octanol–water partition coefficient (Wildman–Crippen LogP) is 3.23. The Morgan fingerprint density at radius 1 is 1.31 bits per heavy atom. The van der Waals surface area contributed by atoms with Gasteiger partial charge in [-0.25, -0.2) is 0 Å². The third-order valence-corrected chi connectivity index (χ3v) is 2.73. The molecule has 3 heteroatoms. The van der Waals surface area contributed by atoms with Crippen LogP contribution in [0.15, 0.2) is 18.2 Å². The van der Waals surface area contributed by atoms with Crippen LogP contribution in [-0.4, -0.2) is 6.54 Å². The Bertz CT molecular complexity index is 308. The van der Waals surface area contributed by atoms with Gasteiger partial charge in [-0.2, -0.15) is 0 Å². The van der Waals surface area contributed by atoms with Gasteiger partial charge in [0.25, 0.3) is 0 Å². The van der Waals surface area contributed by atoms with E-state index < -0.39 is 0 Å². The largest absolute Gasteiger partial charge is 0.330 e. The number of benzene rings is 1. The van der Waals surface area contributed by atoms with Gasteiger partial charge in [0.1, 0.15) is 0 Å². The van der Waals surface area contributed by atoms with E-state index in [2.05, 4.69) is 0 Å². The van der Waals surface area contributed by atoms with E-state index in [-0.39, 0.29) is 5.41 Å². The van der Waals surface area contributed by atoms with Crippen LogP contribution in [0.3, 0.4) is 0 Å². The van der Waals surface area contributed by atoms with Gasteiger partial charge in [0.2, 0.25) is 0 Å². The van der Waals surface area contributed by atoms with Gasteiger partial charge in [-0.3, -0.25) is 0 Å². The summed E-state index contributed by atoms with van der Waals surface area (Å²) in [5.41, 5.74) is 6.54. The average molecular weight is 218 g/mol. The molecule has 1 nitrogen and oxygen atoms in total. The molecule has 0 aliphatic heterocycles. The van der Waals surface area contributed by atoms with E-state index in [1.54, 1.807) is 12.1 Å². The van der Waals surface area contributed by atoms with Crippen LogP contribution in [0.2, 0.25) is 10.0 Å². The Kier molecular flexibility index (Phi) is 3.23. The molecule has 72 valence electrons. The lowest BCUT2D eigenvalue weighted by Crippen LogP contribution is -2.28. The zero-order valence-electron chi connectivity index (χ0n) is 7.77. The Labute approximate surface area is 88.8 Å². The molecule has 0 bridgehead atoms. The van der Waals surface area contributed by atoms with Crippen molar-refractivity contribution in [3.63, 3.8) is 0 Å². The minimum absolute atomic E-state index is 0.123. The van der Waals surface area contributed by atoms with Gasteiger partial charge < -0.3 is 5.73 Å². The van der Waals surface area contributed by atoms with Crippen molar-refractivity contribution in [1.82, 2.24) is 0 Å². The Morgan fingerprint density at radius 2 is 1.92 bits per heavy atom. The van der Waals surface area contributed by atoms with Crippen molar-refractivity contribution in [2.75, 3.05) is 6.54 Å². The zero-order chi connectivity index (χ0) is 10.1. The van der Waals surface area contributed by atoms with Gasteiger partial charge in [-0.1, -0.05) is 37.0 Å². The van der Waals surface area contributed by atoms with Crippen molar-refractivity contribution < 1.29 is 0 Å². The lowest BCUT2D eigenvalue weighted by atomic mass is 9.85. The summed E-state index contributed by atoms with van der Waals surface area (Å²) in [7, 11) is 0. The van der Waals surface area contributed by atoms with Crippen LogP contribution in [0.4, 0.5) is 0 Å². The predicted molar refractivity (Wildman–Crippen MR) is 58.5 cm³/mol. The van der Waals surface area contributed by atoms with E-state index in [4.69, 9.17) is 28.9 Å². The second-order valence-electron chi connectivity index (χ2n) is 3.71. The van der Waals surface area contributed by atoms with Crippen molar-refractivity contribution in [3.8, 4) is 0 Å². The first-order valence-corrected chi connectivity index (χ1v) is 4.88. The lowest BCUT2D eigenvalue weighted by molar-refractivity contribution is 0.539. The highest BCUT2D eigenvalue weighted by molar-refractivity contribution is 6.33. The second-order valence-corrected chi connectivity index (χ2v) is 4.56. The Balaban J connectivity index is 3.20. The number of hydrogen-bond acceptors (Lipinski definition) is 1. The quantitative estimate of drug-likeness (QED) is 0.810. The molecule has 0 amide bonds. The number of nitrogens with two attached hydrogens (primary N) is 1. The van der Waals surface area contributed by atoms with Gasteiger partial charge in [0, 0.05) is 22.0 Å². The van der Waals surface area contributed by atoms with Crippen molar-refractivity contribution >= 4 is 23.2 Å². The second kappa shape index (κ2) is 3.87. The van der Waals surface area contributed by atoms with Crippen molar-refractivity contribution in [2.45, 2.75) is 19.3 Å². The summed E-state index contributed by atoms with van der Waals surface area (Å²) in [6.07, 6.45) is 0. The normalized spacial score (nSPS) is 11.8. The summed E-state index contributed by atoms with van der Waals surface area (Å²) in [4.78, 5) is 0. The van der Waals surface area contributed by atoms with E-state index in [1.165, 1.54) is 0 Å². The third-order valence-electron chi connectivity index (χ3n) is 2.17. The summed E-state index contributed by atoms with van der Waals surface area (Å²) in [5.74, 6) is 0. The fourth-order valence-electron chi connectivity index (χ4n) is 1.13. The van der Waals surface area contributed by atoms with Crippen LogP contribution in [0.25, 0.3) is 0 Å². The molecule has 1 aromatic carbocycles. The molecule has 0 spiro atoms. The van der Waals surface area contributed by atoms with E-state index in [9.17, 15) is 0 Å². The number of rotatable bonds is 2. The van der Waals surface area contributed by atoms with Gasteiger partial charge in [0.05, 0.1) is 0 Å². The molecule has 0 aromatic heterocycles. The highest BCUT2D eigenvalue weighted by atomic mass is 35.5. The molecule has 0 saturated heterocycles.